The summed E-state index contributed by atoms with van der Waals surface area (Å²) in [7, 11) is 1.58. The third kappa shape index (κ3) is 2.67. The maximum Gasteiger partial charge on any atom is 0.323 e. The van der Waals surface area contributed by atoms with Gasteiger partial charge in [0.2, 0.25) is 0 Å². The molecule has 2 heterocycles. The molecule has 0 fully saturated rings. The highest BCUT2D eigenvalue weighted by atomic mass is 32.1. The van der Waals surface area contributed by atoms with Crippen molar-refractivity contribution in [3.8, 4) is 16.9 Å². The number of nitrogens with zero attached hydrogens (tertiary/aromatic N) is 2. The molecule has 0 aliphatic heterocycles. The van der Waals surface area contributed by atoms with E-state index in [2.05, 4.69) is 4.98 Å². The Hall–Kier alpha value is -2.67. The van der Waals surface area contributed by atoms with Gasteiger partial charge in [0.15, 0.2) is 0 Å². The van der Waals surface area contributed by atoms with E-state index in [0.29, 0.717) is 27.4 Å². The van der Waals surface area contributed by atoms with Gasteiger partial charge in [-0.05, 0) is 26.0 Å². The maximum atomic E-state index is 12.9. The van der Waals surface area contributed by atoms with Crippen LogP contribution in [0.1, 0.15) is 11.4 Å². The maximum absolute atomic E-state index is 12.9. The lowest BCUT2D eigenvalue weighted by Gasteiger charge is -2.10. The Kier molecular flexibility index (Phi) is 4.11. The summed E-state index contributed by atoms with van der Waals surface area (Å²) < 4.78 is 6.60. The van der Waals surface area contributed by atoms with Gasteiger partial charge in [-0.3, -0.25) is 14.2 Å². The number of carboxylic acids is 1. The molecule has 0 aliphatic rings. The van der Waals surface area contributed by atoms with Crippen molar-refractivity contribution in [2.75, 3.05) is 7.11 Å². The topological polar surface area (TPSA) is 81.4 Å². The van der Waals surface area contributed by atoms with E-state index < -0.39 is 12.5 Å². The van der Waals surface area contributed by atoms with Crippen LogP contribution >= 0.6 is 11.3 Å². The van der Waals surface area contributed by atoms with E-state index in [1.165, 1.54) is 15.9 Å². The van der Waals surface area contributed by atoms with Crippen molar-refractivity contribution in [3.05, 3.63) is 45.3 Å². The zero-order valence-electron chi connectivity index (χ0n) is 13.5. The number of aromatic nitrogens is 2. The predicted octanol–water partition coefficient (Wildman–Crippen LogP) is 2.84. The van der Waals surface area contributed by atoms with Crippen LogP contribution in [0.4, 0.5) is 0 Å². The predicted molar refractivity (Wildman–Crippen MR) is 93.0 cm³/mol. The van der Waals surface area contributed by atoms with Crippen LogP contribution in [-0.4, -0.2) is 27.7 Å². The molecule has 3 aromatic rings. The van der Waals surface area contributed by atoms with Gasteiger partial charge in [0.1, 0.15) is 22.9 Å². The van der Waals surface area contributed by atoms with Gasteiger partial charge in [-0.25, -0.2) is 4.98 Å². The minimum atomic E-state index is -1.08. The van der Waals surface area contributed by atoms with E-state index in [4.69, 9.17) is 9.84 Å². The summed E-state index contributed by atoms with van der Waals surface area (Å²) >= 11 is 1.36. The van der Waals surface area contributed by atoms with Gasteiger partial charge in [-0.1, -0.05) is 11.6 Å². The molecule has 0 spiro atoms. The van der Waals surface area contributed by atoms with Crippen LogP contribution in [0.15, 0.2) is 28.4 Å². The van der Waals surface area contributed by atoms with Crippen molar-refractivity contribution in [2.45, 2.75) is 20.4 Å². The molecule has 0 saturated carbocycles. The van der Waals surface area contributed by atoms with Crippen molar-refractivity contribution in [1.29, 1.82) is 0 Å². The number of methoxy groups -OCH3 is 1. The van der Waals surface area contributed by atoms with Gasteiger partial charge in [0, 0.05) is 16.5 Å². The first-order valence-corrected chi connectivity index (χ1v) is 8.15. The second-order valence-corrected chi connectivity index (χ2v) is 6.34. The minimum Gasteiger partial charge on any atom is -0.496 e. The molecular formula is C17H16N2O4S. The van der Waals surface area contributed by atoms with Crippen LogP contribution < -0.4 is 10.3 Å². The number of carboxylic acid groups (broad SMARTS) is 1. The zero-order chi connectivity index (χ0) is 17.4. The van der Waals surface area contributed by atoms with Crippen LogP contribution in [-0.2, 0) is 11.3 Å². The molecule has 0 radical (unpaired) electrons. The first-order valence-electron chi connectivity index (χ1n) is 7.27. The first kappa shape index (κ1) is 16.2. The third-order valence-corrected chi connectivity index (χ3v) is 4.70. The number of hydrogen-bond acceptors (Lipinski definition) is 5. The molecule has 2 aromatic heterocycles. The van der Waals surface area contributed by atoms with Crippen molar-refractivity contribution in [2.24, 2.45) is 0 Å². The van der Waals surface area contributed by atoms with Crippen LogP contribution in [0.25, 0.3) is 21.3 Å². The van der Waals surface area contributed by atoms with Crippen LogP contribution in [0.3, 0.4) is 0 Å². The number of thiophene rings is 1. The number of carbonyl (C=O) groups is 1. The monoisotopic (exact) mass is 344 g/mol. The van der Waals surface area contributed by atoms with Crippen LogP contribution in [0.5, 0.6) is 5.75 Å². The van der Waals surface area contributed by atoms with Crippen molar-refractivity contribution in [3.63, 3.8) is 0 Å². The number of rotatable bonds is 4. The number of fused-ring (bicyclic) bond motifs is 1. The van der Waals surface area contributed by atoms with E-state index in [1.807, 2.05) is 30.5 Å². The summed E-state index contributed by atoms with van der Waals surface area (Å²) in [6, 6.07) is 5.73. The third-order valence-electron chi connectivity index (χ3n) is 3.82. The Balaban J connectivity index is 2.34. The summed E-state index contributed by atoms with van der Waals surface area (Å²) in [6.45, 7) is 3.19. The number of benzene rings is 1. The standard InChI is InChI=1S/C17H16N2O4S/c1-9-4-5-13(23-3)11(6-9)12-8-24-16-15(12)17(22)19(7-14(20)21)10(2)18-16/h4-6,8H,7H2,1-3H3,(H,20,21). The second kappa shape index (κ2) is 6.09. The Morgan fingerprint density at radius 2 is 2.08 bits per heavy atom. The number of hydrogen-bond donors (Lipinski definition) is 1. The average molecular weight is 344 g/mol. The normalized spacial score (nSPS) is 11.0. The molecule has 3 rings (SSSR count). The fourth-order valence-electron chi connectivity index (χ4n) is 2.68. The zero-order valence-corrected chi connectivity index (χ0v) is 14.3. The Morgan fingerprint density at radius 3 is 2.75 bits per heavy atom. The van der Waals surface area contributed by atoms with E-state index in [-0.39, 0.29) is 5.56 Å². The average Bonchev–Trinajstić information content (AvgIpc) is 2.94. The summed E-state index contributed by atoms with van der Waals surface area (Å²) in [4.78, 5) is 28.9. The molecule has 0 saturated heterocycles. The lowest BCUT2D eigenvalue weighted by Crippen LogP contribution is -2.27. The van der Waals surface area contributed by atoms with Gasteiger partial charge in [-0.2, -0.15) is 0 Å². The molecule has 24 heavy (non-hydrogen) atoms. The first-order chi connectivity index (χ1) is 11.4. The fourth-order valence-corrected chi connectivity index (χ4v) is 3.65. The highest BCUT2D eigenvalue weighted by Gasteiger charge is 2.18. The number of aryl methyl sites for hydroxylation is 2. The van der Waals surface area contributed by atoms with Gasteiger partial charge in [-0.15, -0.1) is 11.3 Å². The largest absolute Gasteiger partial charge is 0.496 e. The lowest BCUT2D eigenvalue weighted by molar-refractivity contribution is -0.137. The van der Waals surface area contributed by atoms with E-state index in [1.54, 1.807) is 14.0 Å². The van der Waals surface area contributed by atoms with E-state index >= 15 is 0 Å². The molecule has 7 heteroatoms. The Labute approximate surface area is 142 Å². The summed E-state index contributed by atoms with van der Waals surface area (Å²) in [5.41, 5.74) is 2.20. The highest BCUT2D eigenvalue weighted by molar-refractivity contribution is 7.17. The lowest BCUT2D eigenvalue weighted by atomic mass is 10.0. The minimum absolute atomic E-state index is 0.347. The number of ether oxygens (including phenoxy) is 1. The SMILES string of the molecule is COc1ccc(C)cc1-c1csc2nc(C)n(CC(=O)O)c(=O)c12. The Morgan fingerprint density at radius 1 is 1.33 bits per heavy atom. The van der Waals surface area contributed by atoms with E-state index in [0.717, 1.165) is 11.1 Å². The summed E-state index contributed by atoms with van der Waals surface area (Å²) in [6.07, 6.45) is 0. The molecule has 0 unspecified atom stereocenters. The van der Waals surface area contributed by atoms with Gasteiger partial charge in [0.25, 0.3) is 5.56 Å². The quantitative estimate of drug-likeness (QED) is 0.787. The van der Waals surface area contributed by atoms with Gasteiger partial charge < -0.3 is 9.84 Å². The van der Waals surface area contributed by atoms with Crippen molar-refractivity contribution >= 4 is 27.5 Å². The molecular weight excluding hydrogens is 328 g/mol. The second-order valence-electron chi connectivity index (χ2n) is 5.48. The molecule has 0 amide bonds. The molecule has 1 N–H and O–H groups in total. The van der Waals surface area contributed by atoms with Crippen LogP contribution in [0, 0.1) is 13.8 Å². The van der Waals surface area contributed by atoms with E-state index in [9.17, 15) is 9.59 Å². The molecule has 0 atom stereocenters. The highest BCUT2D eigenvalue weighted by Crippen LogP contribution is 2.37. The van der Waals surface area contributed by atoms with Crippen molar-refractivity contribution in [1.82, 2.24) is 9.55 Å². The molecule has 6 nitrogen and oxygen atoms in total. The molecule has 124 valence electrons. The smallest absolute Gasteiger partial charge is 0.323 e. The fraction of sp³-hybridized carbons (Fsp3) is 0.235. The summed E-state index contributed by atoms with van der Waals surface area (Å²) in [5, 5.41) is 11.3. The molecule has 0 aliphatic carbocycles. The van der Waals surface area contributed by atoms with Gasteiger partial charge >= 0.3 is 5.97 Å². The summed E-state index contributed by atoms with van der Waals surface area (Å²) in [5.74, 6) is -0.0316. The Bertz CT molecular complexity index is 1000. The van der Waals surface area contributed by atoms with Gasteiger partial charge in [0.05, 0.1) is 12.5 Å². The number of aliphatic carboxylic acids is 1. The van der Waals surface area contributed by atoms with Crippen LogP contribution in [0.2, 0.25) is 0 Å². The molecule has 0 bridgehead atoms. The van der Waals surface area contributed by atoms with Crippen molar-refractivity contribution < 1.29 is 14.6 Å². The molecule has 1 aromatic carbocycles.